The van der Waals surface area contributed by atoms with Crippen molar-refractivity contribution in [1.29, 1.82) is 0 Å². The third-order valence-corrected chi connectivity index (χ3v) is 6.19. The Labute approximate surface area is 171 Å². The van der Waals surface area contributed by atoms with Gasteiger partial charge < -0.3 is 14.6 Å². The Morgan fingerprint density at radius 1 is 1.10 bits per heavy atom. The molecule has 3 aromatic rings. The minimum Gasteiger partial charge on any atom is -0.490 e. The van der Waals surface area contributed by atoms with Crippen molar-refractivity contribution in [3.8, 4) is 11.6 Å². The molecule has 2 aliphatic heterocycles. The van der Waals surface area contributed by atoms with Gasteiger partial charge in [-0.2, -0.15) is 0 Å². The molecule has 2 aromatic heterocycles. The zero-order valence-corrected chi connectivity index (χ0v) is 16.6. The highest BCUT2D eigenvalue weighted by Crippen LogP contribution is 2.33. The normalized spacial score (nSPS) is 23.4. The van der Waals surface area contributed by atoms with Crippen molar-refractivity contribution in [2.24, 2.45) is 0 Å². The zero-order valence-electron chi connectivity index (χ0n) is 16.6. The summed E-state index contributed by atoms with van der Waals surface area (Å²) in [4.78, 5) is 44.7. The number of nitrogens with zero attached hydrogens (tertiary/aromatic N) is 3. The average molecular weight is 409 g/mol. The van der Waals surface area contributed by atoms with Crippen LogP contribution >= 0.6 is 0 Å². The number of para-hydroxylation sites is 2. The zero-order chi connectivity index (χ0) is 20.8. The Morgan fingerprint density at radius 2 is 1.83 bits per heavy atom. The molecular formula is C21H23N5O4. The first-order valence-electron chi connectivity index (χ1n) is 10.2. The molecule has 4 heterocycles. The number of fused-ring (bicyclic) bond motifs is 3. The van der Waals surface area contributed by atoms with E-state index < -0.39 is 11.2 Å². The number of piperidine rings is 2. The maximum absolute atomic E-state index is 13.6. The summed E-state index contributed by atoms with van der Waals surface area (Å²) in [5, 5.41) is 3.65. The molecule has 0 radical (unpaired) electrons. The predicted octanol–water partition coefficient (Wildman–Crippen LogP) is 1.09. The highest BCUT2D eigenvalue weighted by molar-refractivity contribution is 5.75. The molecule has 2 saturated heterocycles. The lowest BCUT2D eigenvalue weighted by molar-refractivity contribution is 0.188. The molecule has 1 unspecified atom stereocenters. The summed E-state index contributed by atoms with van der Waals surface area (Å²) in [6.45, 7) is 0. The summed E-state index contributed by atoms with van der Waals surface area (Å²) < 4.78 is 7.89. The van der Waals surface area contributed by atoms with E-state index in [0.717, 1.165) is 35.8 Å². The van der Waals surface area contributed by atoms with Gasteiger partial charge >= 0.3 is 5.69 Å². The van der Waals surface area contributed by atoms with Crippen LogP contribution in [0.15, 0.2) is 44.8 Å². The molecule has 30 heavy (non-hydrogen) atoms. The van der Waals surface area contributed by atoms with Crippen LogP contribution in [0.1, 0.15) is 38.1 Å². The number of methoxy groups -OCH3 is 1. The second kappa shape index (κ2) is 7.24. The third-order valence-electron chi connectivity index (χ3n) is 6.19. The number of H-pyrrole nitrogens is 1. The number of hydrogen-bond donors (Lipinski definition) is 2. The van der Waals surface area contributed by atoms with Gasteiger partial charge in [-0.3, -0.25) is 14.6 Å². The molecule has 0 amide bonds. The largest absolute Gasteiger partial charge is 0.490 e. The van der Waals surface area contributed by atoms with E-state index in [2.05, 4.69) is 15.3 Å². The van der Waals surface area contributed by atoms with E-state index in [4.69, 9.17) is 4.74 Å². The van der Waals surface area contributed by atoms with Crippen molar-refractivity contribution in [2.75, 3.05) is 7.11 Å². The number of ether oxygens (including phenoxy) is 1. The Bertz CT molecular complexity index is 1280. The fraction of sp³-hybridized carbons (Fsp3) is 0.429. The van der Waals surface area contributed by atoms with Crippen molar-refractivity contribution in [3.05, 3.63) is 61.7 Å². The summed E-state index contributed by atoms with van der Waals surface area (Å²) in [6.07, 6.45) is 6.35. The highest BCUT2D eigenvalue weighted by Gasteiger charge is 2.33. The number of benzene rings is 1. The van der Waals surface area contributed by atoms with Crippen LogP contribution in [-0.2, 0) is 0 Å². The summed E-state index contributed by atoms with van der Waals surface area (Å²) in [7, 11) is 1.33. The highest BCUT2D eigenvalue weighted by atomic mass is 16.5. The second-order valence-corrected chi connectivity index (χ2v) is 8.04. The van der Waals surface area contributed by atoms with E-state index in [1.54, 1.807) is 4.57 Å². The molecule has 2 fully saturated rings. The van der Waals surface area contributed by atoms with E-state index in [1.165, 1.54) is 19.7 Å². The smallest absolute Gasteiger partial charge is 0.334 e. The van der Waals surface area contributed by atoms with E-state index in [0.29, 0.717) is 17.6 Å². The van der Waals surface area contributed by atoms with Gasteiger partial charge in [-0.1, -0.05) is 18.6 Å². The molecule has 156 valence electrons. The first-order valence-corrected chi connectivity index (χ1v) is 10.2. The summed E-state index contributed by atoms with van der Waals surface area (Å²) >= 11 is 0. The molecule has 1 aromatic carbocycles. The molecule has 3 atom stereocenters. The van der Waals surface area contributed by atoms with Gasteiger partial charge in [0.2, 0.25) is 11.6 Å². The molecule has 9 nitrogen and oxygen atoms in total. The minimum atomic E-state index is -0.727. The first kappa shape index (κ1) is 18.8. The fourth-order valence-electron chi connectivity index (χ4n) is 4.86. The summed E-state index contributed by atoms with van der Waals surface area (Å²) in [5.74, 6) is -0.108. The van der Waals surface area contributed by atoms with Crippen LogP contribution in [0, 0.1) is 0 Å². The quantitative estimate of drug-likeness (QED) is 0.670. The minimum absolute atomic E-state index is 0.0149. The maximum atomic E-state index is 13.6. The Morgan fingerprint density at radius 3 is 2.57 bits per heavy atom. The van der Waals surface area contributed by atoms with Crippen LogP contribution in [-0.4, -0.2) is 38.3 Å². The maximum Gasteiger partial charge on any atom is 0.334 e. The van der Waals surface area contributed by atoms with Crippen LogP contribution in [0.4, 0.5) is 0 Å². The van der Waals surface area contributed by atoms with Gasteiger partial charge in [-0.25, -0.2) is 14.3 Å². The van der Waals surface area contributed by atoms with Crippen LogP contribution < -0.4 is 26.9 Å². The van der Waals surface area contributed by atoms with E-state index in [1.807, 2.05) is 24.3 Å². The molecular weight excluding hydrogens is 386 g/mol. The number of rotatable bonds is 3. The van der Waals surface area contributed by atoms with Crippen LogP contribution in [0.25, 0.3) is 16.9 Å². The van der Waals surface area contributed by atoms with Gasteiger partial charge in [0.05, 0.1) is 24.3 Å². The van der Waals surface area contributed by atoms with Crippen LogP contribution in [0.2, 0.25) is 0 Å². The molecule has 2 aliphatic rings. The van der Waals surface area contributed by atoms with Gasteiger partial charge in [0.15, 0.2) is 0 Å². The lowest BCUT2D eigenvalue weighted by Crippen LogP contribution is -2.50. The molecule has 2 bridgehead atoms. The van der Waals surface area contributed by atoms with E-state index >= 15 is 0 Å². The summed E-state index contributed by atoms with van der Waals surface area (Å²) in [5.41, 5.74) is -0.358. The second-order valence-electron chi connectivity index (χ2n) is 8.04. The Kier molecular flexibility index (Phi) is 4.54. The van der Waals surface area contributed by atoms with Crippen molar-refractivity contribution in [2.45, 2.75) is 50.2 Å². The van der Waals surface area contributed by atoms with Crippen LogP contribution in [0.3, 0.4) is 0 Å². The standard InChI is InChI=1S/C21H23N5O4/c1-30-17-11-25(21(29)24-19(17)27)18-20(28)26(16-8-3-2-7-15(16)23-18)14-9-12-5-4-6-13(10-14)22-12/h2-3,7-8,11-14,22H,4-6,9-10H2,1H3,(H,24,27,29)/t12-,13+,14?. The predicted molar refractivity (Wildman–Crippen MR) is 112 cm³/mol. The number of hydrogen-bond acceptors (Lipinski definition) is 6. The van der Waals surface area contributed by atoms with Crippen molar-refractivity contribution in [1.82, 2.24) is 24.4 Å². The lowest BCUT2D eigenvalue weighted by Gasteiger charge is -2.41. The fourth-order valence-corrected chi connectivity index (χ4v) is 4.86. The average Bonchev–Trinajstić information content (AvgIpc) is 2.73. The first-order chi connectivity index (χ1) is 14.5. The van der Waals surface area contributed by atoms with Gasteiger partial charge in [-0.15, -0.1) is 0 Å². The number of nitrogens with one attached hydrogen (secondary N) is 2. The topological polar surface area (TPSA) is 111 Å². The van der Waals surface area contributed by atoms with Crippen molar-refractivity contribution in [3.63, 3.8) is 0 Å². The van der Waals surface area contributed by atoms with Gasteiger partial charge in [-0.05, 0) is 37.8 Å². The van der Waals surface area contributed by atoms with Crippen LogP contribution in [0.5, 0.6) is 5.75 Å². The molecule has 0 spiro atoms. The lowest BCUT2D eigenvalue weighted by atomic mass is 9.84. The molecule has 9 heteroatoms. The molecule has 0 aliphatic carbocycles. The van der Waals surface area contributed by atoms with E-state index in [-0.39, 0.29) is 23.2 Å². The number of aromatic amines is 1. The van der Waals surface area contributed by atoms with Gasteiger partial charge in [0.25, 0.3) is 11.1 Å². The summed E-state index contributed by atoms with van der Waals surface area (Å²) in [6, 6.07) is 8.24. The van der Waals surface area contributed by atoms with Crippen molar-refractivity contribution < 1.29 is 4.74 Å². The third kappa shape index (κ3) is 3.06. The van der Waals surface area contributed by atoms with Crippen molar-refractivity contribution >= 4 is 11.0 Å². The van der Waals surface area contributed by atoms with E-state index in [9.17, 15) is 14.4 Å². The SMILES string of the molecule is COc1cn(-c2nc3ccccc3n(C3C[C@H]4CCC[C@@H](C3)N4)c2=O)c(=O)[nH]c1=O. The Balaban J connectivity index is 1.74. The Hall–Kier alpha value is -3.20. The molecule has 2 N–H and O–H groups in total. The molecule has 0 saturated carbocycles. The van der Waals surface area contributed by atoms with Gasteiger partial charge in [0.1, 0.15) is 0 Å². The molecule has 5 rings (SSSR count). The van der Waals surface area contributed by atoms with Gasteiger partial charge in [0, 0.05) is 18.1 Å². The number of aromatic nitrogens is 4. The monoisotopic (exact) mass is 409 g/mol.